The van der Waals surface area contributed by atoms with Crippen LogP contribution >= 0.6 is 15.9 Å². The summed E-state index contributed by atoms with van der Waals surface area (Å²) in [6, 6.07) is 12.3. The molecule has 0 spiro atoms. The summed E-state index contributed by atoms with van der Waals surface area (Å²) in [7, 11) is 0. The highest BCUT2D eigenvalue weighted by atomic mass is 79.9. The first-order valence-electron chi connectivity index (χ1n) is 6.15. The van der Waals surface area contributed by atoms with Gasteiger partial charge in [0.2, 0.25) is 0 Å². The van der Waals surface area contributed by atoms with Crippen LogP contribution in [-0.4, -0.2) is 5.91 Å². The Kier molecular flexibility index (Phi) is 3.01. The second-order valence-electron chi connectivity index (χ2n) is 4.88. The molecule has 2 N–H and O–H groups in total. The number of amides is 1. The molecule has 0 fully saturated rings. The Balaban J connectivity index is 2.09. The second kappa shape index (κ2) is 4.59. The molecule has 3 nitrogen and oxygen atoms in total. The van der Waals surface area contributed by atoms with Crippen molar-refractivity contribution in [3.05, 3.63) is 58.3 Å². The Morgan fingerprint density at radius 2 is 1.85 bits per heavy atom. The molecule has 5 heteroatoms. The fourth-order valence-corrected chi connectivity index (χ4v) is 2.65. The number of hydrogen-bond acceptors (Lipinski definition) is 2. The van der Waals surface area contributed by atoms with Crippen LogP contribution in [0.15, 0.2) is 46.9 Å². The lowest BCUT2D eigenvalue weighted by molar-refractivity contribution is -0.120. The van der Waals surface area contributed by atoms with Gasteiger partial charge < -0.3 is 10.6 Å². The van der Waals surface area contributed by atoms with Crippen molar-refractivity contribution in [3.8, 4) is 0 Å². The molecule has 1 atom stereocenters. The number of rotatable bonds is 1. The zero-order chi connectivity index (χ0) is 14.3. The molecule has 0 saturated heterocycles. The van der Waals surface area contributed by atoms with E-state index in [1.165, 1.54) is 6.07 Å². The van der Waals surface area contributed by atoms with E-state index in [2.05, 4.69) is 26.6 Å². The predicted octanol–water partition coefficient (Wildman–Crippen LogP) is 3.87. The van der Waals surface area contributed by atoms with Crippen LogP contribution in [0, 0.1) is 5.82 Å². The molecule has 0 saturated carbocycles. The minimum Gasteiger partial charge on any atom is -0.366 e. The number of halogens is 2. The van der Waals surface area contributed by atoms with Crippen LogP contribution in [0.5, 0.6) is 0 Å². The zero-order valence-electron chi connectivity index (χ0n) is 10.7. The standard InChI is InChI=1S/C15H12BrFN2O/c1-15(9-5-3-2-4-6-9)14(20)18-12-7-10(16)11(17)8-13(12)19-15/h2-8,19H,1H3,(H,18,20). The molecule has 2 aromatic carbocycles. The lowest BCUT2D eigenvalue weighted by atomic mass is 9.88. The lowest BCUT2D eigenvalue weighted by Crippen LogP contribution is -2.47. The van der Waals surface area contributed by atoms with Gasteiger partial charge in [0.25, 0.3) is 5.91 Å². The van der Waals surface area contributed by atoms with Crippen LogP contribution < -0.4 is 10.6 Å². The number of carbonyl (C=O) groups is 1. The van der Waals surface area contributed by atoms with Crippen LogP contribution in [0.2, 0.25) is 0 Å². The van der Waals surface area contributed by atoms with E-state index in [0.717, 1.165) is 5.56 Å². The van der Waals surface area contributed by atoms with Crippen molar-refractivity contribution in [2.45, 2.75) is 12.5 Å². The highest BCUT2D eigenvalue weighted by Crippen LogP contribution is 2.38. The molecule has 1 heterocycles. The van der Waals surface area contributed by atoms with Gasteiger partial charge in [0, 0.05) is 6.07 Å². The summed E-state index contributed by atoms with van der Waals surface area (Å²) in [6.07, 6.45) is 0. The van der Waals surface area contributed by atoms with Gasteiger partial charge in [0.05, 0.1) is 15.8 Å². The Morgan fingerprint density at radius 3 is 2.55 bits per heavy atom. The largest absolute Gasteiger partial charge is 0.366 e. The number of nitrogens with one attached hydrogen (secondary N) is 2. The molecule has 0 aliphatic carbocycles. The van der Waals surface area contributed by atoms with Crippen molar-refractivity contribution >= 4 is 33.2 Å². The van der Waals surface area contributed by atoms with Gasteiger partial charge in [-0.1, -0.05) is 30.3 Å². The van der Waals surface area contributed by atoms with E-state index in [1.54, 1.807) is 13.0 Å². The van der Waals surface area contributed by atoms with Gasteiger partial charge in [0.15, 0.2) is 0 Å². The average Bonchev–Trinajstić information content (AvgIpc) is 2.44. The van der Waals surface area contributed by atoms with Crippen molar-refractivity contribution in [1.82, 2.24) is 0 Å². The Morgan fingerprint density at radius 1 is 1.15 bits per heavy atom. The van der Waals surface area contributed by atoms with Crippen molar-refractivity contribution < 1.29 is 9.18 Å². The van der Waals surface area contributed by atoms with Crippen LogP contribution in [0.4, 0.5) is 15.8 Å². The van der Waals surface area contributed by atoms with Crippen molar-refractivity contribution in [2.75, 3.05) is 10.6 Å². The van der Waals surface area contributed by atoms with Crippen LogP contribution in [0.1, 0.15) is 12.5 Å². The summed E-state index contributed by atoms with van der Waals surface area (Å²) in [5, 5.41) is 5.95. The SMILES string of the molecule is CC1(c2ccccc2)Nc2cc(F)c(Br)cc2NC1=O. The van der Waals surface area contributed by atoms with Crippen LogP contribution in [0.25, 0.3) is 0 Å². The first kappa shape index (κ1) is 13.1. The molecule has 2 aromatic rings. The summed E-state index contributed by atoms with van der Waals surface area (Å²) in [5.41, 5.74) is 1.04. The number of benzene rings is 2. The van der Waals surface area contributed by atoms with Gasteiger partial charge in [-0.3, -0.25) is 4.79 Å². The highest BCUT2D eigenvalue weighted by molar-refractivity contribution is 9.10. The van der Waals surface area contributed by atoms with E-state index < -0.39 is 5.54 Å². The third-order valence-corrected chi connectivity index (χ3v) is 4.11. The molecule has 20 heavy (non-hydrogen) atoms. The minimum absolute atomic E-state index is 0.172. The Hall–Kier alpha value is -1.88. The molecule has 0 radical (unpaired) electrons. The minimum atomic E-state index is -0.922. The monoisotopic (exact) mass is 334 g/mol. The van der Waals surface area contributed by atoms with E-state index in [-0.39, 0.29) is 11.7 Å². The van der Waals surface area contributed by atoms with Crippen LogP contribution in [-0.2, 0) is 10.3 Å². The van der Waals surface area contributed by atoms with E-state index in [9.17, 15) is 9.18 Å². The normalized spacial score (nSPS) is 20.9. The number of fused-ring (bicyclic) bond motifs is 1. The van der Waals surface area contributed by atoms with Crippen molar-refractivity contribution in [3.63, 3.8) is 0 Å². The molecule has 0 aromatic heterocycles. The predicted molar refractivity (Wildman–Crippen MR) is 80.1 cm³/mol. The average molecular weight is 335 g/mol. The van der Waals surface area contributed by atoms with E-state index in [1.807, 2.05) is 30.3 Å². The molecule has 1 unspecified atom stereocenters. The molecule has 1 aliphatic rings. The summed E-state index contributed by atoms with van der Waals surface area (Å²) in [4.78, 5) is 12.4. The van der Waals surface area contributed by atoms with Gasteiger partial charge in [-0.05, 0) is 34.5 Å². The number of carbonyl (C=O) groups excluding carboxylic acids is 1. The van der Waals surface area contributed by atoms with E-state index >= 15 is 0 Å². The first-order valence-corrected chi connectivity index (χ1v) is 6.94. The quantitative estimate of drug-likeness (QED) is 0.831. The van der Waals surface area contributed by atoms with Gasteiger partial charge in [-0.25, -0.2) is 4.39 Å². The molecule has 1 aliphatic heterocycles. The molecule has 102 valence electrons. The maximum Gasteiger partial charge on any atom is 0.254 e. The summed E-state index contributed by atoms with van der Waals surface area (Å²) in [6.45, 7) is 1.78. The summed E-state index contributed by atoms with van der Waals surface area (Å²) in [5.74, 6) is -0.544. The lowest BCUT2D eigenvalue weighted by Gasteiger charge is -2.36. The van der Waals surface area contributed by atoms with Crippen molar-refractivity contribution in [1.29, 1.82) is 0 Å². The summed E-state index contributed by atoms with van der Waals surface area (Å²) < 4.78 is 14.0. The van der Waals surface area contributed by atoms with Gasteiger partial charge >= 0.3 is 0 Å². The zero-order valence-corrected chi connectivity index (χ0v) is 12.3. The molecule has 0 bridgehead atoms. The molecular weight excluding hydrogens is 323 g/mol. The van der Waals surface area contributed by atoms with E-state index in [4.69, 9.17) is 0 Å². The Labute approximate surface area is 124 Å². The highest BCUT2D eigenvalue weighted by Gasteiger charge is 2.39. The summed E-state index contributed by atoms with van der Waals surface area (Å²) >= 11 is 3.11. The molecule has 3 rings (SSSR count). The third-order valence-electron chi connectivity index (χ3n) is 3.50. The molecular formula is C15H12BrFN2O. The maximum atomic E-state index is 13.7. The fraction of sp³-hybridized carbons (Fsp3) is 0.133. The molecule has 1 amide bonds. The van der Waals surface area contributed by atoms with E-state index in [0.29, 0.717) is 15.8 Å². The topological polar surface area (TPSA) is 41.1 Å². The number of anilines is 2. The second-order valence-corrected chi connectivity index (χ2v) is 5.74. The fourth-order valence-electron chi connectivity index (χ4n) is 2.30. The van der Waals surface area contributed by atoms with Crippen LogP contribution in [0.3, 0.4) is 0 Å². The smallest absolute Gasteiger partial charge is 0.254 e. The maximum absolute atomic E-state index is 13.7. The Bertz CT molecular complexity index is 690. The number of hydrogen-bond donors (Lipinski definition) is 2. The first-order chi connectivity index (χ1) is 9.50. The van der Waals surface area contributed by atoms with Crippen molar-refractivity contribution in [2.24, 2.45) is 0 Å². The van der Waals surface area contributed by atoms with Gasteiger partial charge in [-0.2, -0.15) is 0 Å². The third kappa shape index (κ3) is 1.98. The van der Waals surface area contributed by atoms with Gasteiger partial charge in [-0.15, -0.1) is 0 Å². The van der Waals surface area contributed by atoms with Gasteiger partial charge in [0.1, 0.15) is 11.4 Å².